The zero-order chi connectivity index (χ0) is 27.0. The van der Waals surface area contributed by atoms with Crippen molar-refractivity contribution in [2.24, 2.45) is 0 Å². The molecular weight excluding hydrogens is 483 g/mol. The topological polar surface area (TPSA) is 81.8 Å². The molecule has 8 heteroatoms. The third-order valence-electron chi connectivity index (χ3n) is 7.19. The highest BCUT2D eigenvalue weighted by Gasteiger charge is 2.46. The Balaban J connectivity index is 1.50. The fourth-order valence-electron chi connectivity index (χ4n) is 5.16. The minimum Gasteiger partial charge on any atom is -0.326 e. The summed E-state index contributed by atoms with van der Waals surface area (Å²) in [6.45, 7) is 4.07. The molecule has 7 nitrogen and oxygen atoms in total. The first-order valence-electron chi connectivity index (χ1n) is 12.5. The van der Waals surface area contributed by atoms with E-state index in [1.165, 1.54) is 34.1 Å². The molecular formula is C30H29FN4O3. The third kappa shape index (κ3) is 4.77. The number of anilines is 1. The van der Waals surface area contributed by atoms with Crippen LogP contribution in [0.15, 0.2) is 84.1 Å². The first kappa shape index (κ1) is 25.2. The van der Waals surface area contributed by atoms with Gasteiger partial charge in [-0.05, 0) is 54.8 Å². The van der Waals surface area contributed by atoms with Crippen LogP contribution in [0.2, 0.25) is 0 Å². The van der Waals surface area contributed by atoms with Crippen LogP contribution in [0.3, 0.4) is 0 Å². The van der Waals surface area contributed by atoms with Crippen LogP contribution >= 0.6 is 0 Å². The Hall–Kier alpha value is -4.46. The normalized spacial score (nSPS) is 17.8. The van der Waals surface area contributed by atoms with Crippen molar-refractivity contribution in [3.05, 3.63) is 112 Å². The number of hydrogen-bond acceptors (Lipinski definition) is 3. The van der Waals surface area contributed by atoms with Gasteiger partial charge in [0, 0.05) is 19.2 Å². The van der Waals surface area contributed by atoms with Crippen LogP contribution in [0.1, 0.15) is 28.3 Å². The highest BCUT2D eigenvalue weighted by Crippen LogP contribution is 2.38. The Bertz CT molecular complexity index is 1440. The SMILES string of the molecule is Cc1ccc([C@@H]2NC(=O)N(C)C3=C2C(=O)N([C@H](Cc2ccccc2)C(=O)Nc2ccc(F)cc2)C3)c(C)c1. The molecule has 38 heavy (non-hydrogen) atoms. The Kier molecular flexibility index (Phi) is 6.72. The summed E-state index contributed by atoms with van der Waals surface area (Å²) in [5.41, 5.74) is 5.25. The molecule has 0 aliphatic carbocycles. The maximum atomic E-state index is 14.0. The van der Waals surface area contributed by atoms with Crippen molar-refractivity contribution >= 4 is 23.5 Å². The number of amides is 4. The summed E-state index contributed by atoms with van der Waals surface area (Å²) >= 11 is 0. The summed E-state index contributed by atoms with van der Waals surface area (Å²) in [5, 5.41) is 5.81. The molecule has 5 rings (SSSR count). The maximum absolute atomic E-state index is 14.0. The Labute approximate surface area is 220 Å². The molecule has 0 spiro atoms. The van der Waals surface area contributed by atoms with Crippen LogP contribution in [0, 0.1) is 19.7 Å². The molecule has 4 amide bonds. The lowest BCUT2D eigenvalue weighted by molar-refractivity contribution is -0.134. The quantitative estimate of drug-likeness (QED) is 0.511. The lowest BCUT2D eigenvalue weighted by Crippen LogP contribution is -2.47. The summed E-state index contributed by atoms with van der Waals surface area (Å²) in [6.07, 6.45) is 0.277. The van der Waals surface area contributed by atoms with Gasteiger partial charge in [-0.15, -0.1) is 0 Å². The van der Waals surface area contributed by atoms with E-state index < -0.39 is 23.8 Å². The van der Waals surface area contributed by atoms with Gasteiger partial charge in [0.15, 0.2) is 0 Å². The Morgan fingerprint density at radius 3 is 2.45 bits per heavy atom. The van der Waals surface area contributed by atoms with Gasteiger partial charge in [-0.3, -0.25) is 14.5 Å². The molecule has 0 saturated carbocycles. The Morgan fingerprint density at radius 2 is 1.76 bits per heavy atom. The highest BCUT2D eigenvalue weighted by atomic mass is 19.1. The smallest absolute Gasteiger partial charge is 0.322 e. The van der Waals surface area contributed by atoms with Gasteiger partial charge in [0.25, 0.3) is 5.91 Å². The van der Waals surface area contributed by atoms with E-state index in [4.69, 9.17) is 0 Å². The van der Waals surface area contributed by atoms with E-state index in [-0.39, 0.29) is 24.9 Å². The number of benzene rings is 3. The lowest BCUT2D eigenvalue weighted by atomic mass is 9.91. The molecule has 0 saturated heterocycles. The van der Waals surface area contributed by atoms with Gasteiger partial charge >= 0.3 is 6.03 Å². The molecule has 0 unspecified atom stereocenters. The molecule has 0 bridgehead atoms. The maximum Gasteiger partial charge on any atom is 0.322 e. The average Bonchev–Trinajstić information content (AvgIpc) is 3.24. The fourth-order valence-corrected chi connectivity index (χ4v) is 5.16. The van der Waals surface area contributed by atoms with E-state index in [0.717, 1.165) is 22.3 Å². The molecule has 0 radical (unpaired) electrons. The number of nitrogens with zero attached hydrogens (tertiary/aromatic N) is 2. The highest BCUT2D eigenvalue weighted by molar-refractivity contribution is 6.05. The zero-order valence-corrected chi connectivity index (χ0v) is 21.5. The number of hydrogen-bond donors (Lipinski definition) is 2. The van der Waals surface area contributed by atoms with Crippen molar-refractivity contribution in [1.29, 1.82) is 0 Å². The largest absolute Gasteiger partial charge is 0.326 e. The summed E-state index contributed by atoms with van der Waals surface area (Å²) in [5.74, 6) is -1.10. The lowest BCUT2D eigenvalue weighted by Gasteiger charge is -2.31. The first-order valence-corrected chi connectivity index (χ1v) is 12.5. The van der Waals surface area contributed by atoms with Gasteiger partial charge in [0.05, 0.1) is 23.9 Å². The second-order valence-corrected chi connectivity index (χ2v) is 9.80. The first-order chi connectivity index (χ1) is 18.2. The summed E-state index contributed by atoms with van der Waals surface area (Å²) in [7, 11) is 1.63. The summed E-state index contributed by atoms with van der Waals surface area (Å²) in [6, 6.07) is 19.1. The van der Waals surface area contributed by atoms with Crippen LogP contribution in [0.4, 0.5) is 14.9 Å². The second kappa shape index (κ2) is 10.1. The van der Waals surface area contributed by atoms with Crippen molar-refractivity contribution in [1.82, 2.24) is 15.1 Å². The standard InChI is InChI=1S/C30H29FN4O3/c1-18-9-14-23(19(2)15-18)27-26-25(34(3)30(38)33-27)17-35(29(26)37)24(16-20-7-5-4-6-8-20)28(36)32-22-12-10-21(31)11-13-22/h4-15,24,27H,16-17H2,1-3H3,(H,32,36)(H,33,38)/t24-,27+/m1/s1. The number of likely N-dealkylation sites (N-methyl/N-ethyl adjacent to an activating group) is 1. The van der Waals surface area contributed by atoms with Gasteiger partial charge < -0.3 is 15.5 Å². The predicted octanol–water partition coefficient (Wildman–Crippen LogP) is 4.48. The van der Waals surface area contributed by atoms with E-state index in [9.17, 15) is 18.8 Å². The number of carbonyl (C=O) groups excluding carboxylic acids is 3. The van der Waals surface area contributed by atoms with E-state index in [1.807, 2.05) is 62.4 Å². The van der Waals surface area contributed by atoms with Gasteiger partial charge in [0.1, 0.15) is 11.9 Å². The van der Waals surface area contributed by atoms with Crippen LogP contribution < -0.4 is 10.6 Å². The van der Waals surface area contributed by atoms with Crippen LogP contribution in [-0.4, -0.2) is 47.3 Å². The van der Waals surface area contributed by atoms with Crippen LogP contribution in [0.25, 0.3) is 0 Å². The molecule has 2 aliphatic heterocycles. The number of halogens is 1. The van der Waals surface area contributed by atoms with Crippen molar-refractivity contribution < 1.29 is 18.8 Å². The van der Waals surface area contributed by atoms with E-state index in [0.29, 0.717) is 17.0 Å². The minimum atomic E-state index is -0.858. The fraction of sp³-hybridized carbons (Fsp3) is 0.233. The van der Waals surface area contributed by atoms with Crippen LogP contribution in [0.5, 0.6) is 0 Å². The van der Waals surface area contributed by atoms with Gasteiger partial charge in [-0.2, -0.15) is 0 Å². The predicted molar refractivity (Wildman–Crippen MR) is 143 cm³/mol. The van der Waals surface area contributed by atoms with Crippen molar-refractivity contribution in [2.45, 2.75) is 32.4 Å². The molecule has 2 heterocycles. The third-order valence-corrected chi connectivity index (χ3v) is 7.19. The molecule has 0 aromatic heterocycles. The second-order valence-electron chi connectivity index (χ2n) is 9.80. The summed E-state index contributed by atoms with van der Waals surface area (Å²) < 4.78 is 13.4. The van der Waals surface area contributed by atoms with Gasteiger partial charge in [0.2, 0.25) is 5.91 Å². The van der Waals surface area contributed by atoms with Crippen molar-refractivity contribution in [2.75, 3.05) is 18.9 Å². The van der Waals surface area contributed by atoms with E-state index >= 15 is 0 Å². The number of urea groups is 1. The average molecular weight is 513 g/mol. The molecule has 3 aromatic carbocycles. The van der Waals surface area contributed by atoms with Crippen molar-refractivity contribution in [3.8, 4) is 0 Å². The molecule has 0 fully saturated rings. The minimum absolute atomic E-state index is 0.119. The molecule has 2 aliphatic rings. The van der Waals surface area contributed by atoms with E-state index in [1.54, 1.807) is 7.05 Å². The Morgan fingerprint density at radius 1 is 1.05 bits per heavy atom. The van der Waals surface area contributed by atoms with E-state index in [2.05, 4.69) is 10.6 Å². The van der Waals surface area contributed by atoms with Gasteiger partial charge in [-0.1, -0.05) is 54.1 Å². The summed E-state index contributed by atoms with van der Waals surface area (Å²) in [4.78, 5) is 43.6. The van der Waals surface area contributed by atoms with Gasteiger partial charge in [-0.25, -0.2) is 9.18 Å². The van der Waals surface area contributed by atoms with Crippen molar-refractivity contribution in [3.63, 3.8) is 0 Å². The monoisotopic (exact) mass is 512 g/mol. The zero-order valence-electron chi connectivity index (χ0n) is 21.5. The number of aryl methyl sites for hydroxylation is 2. The molecule has 194 valence electrons. The molecule has 2 N–H and O–H groups in total. The number of nitrogens with one attached hydrogen (secondary N) is 2. The molecule has 2 atom stereocenters. The molecule has 3 aromatic rings. The van der Waals surface area contributed by atoms with Crippen LogP contribution in [-0.2, 0) is 16.0 Å². The number of carbonyl (C=O) groups is 3. The number of rotatable bonds is 6.